The average molecular weight is 369 g/mol. The fourth-order valence-corrected chi connectivity index (χ4v) is 2.72. The first kappa shape index (κ1) is 18.5. The molecule has 0 aromatic heterocycles. The van der Waals surface area contributed by atoms with Crippen molar-refractivity contribution in [3.8, 4) is 6.07 Å². The highest BCUT2D eigenvalue weighted by atomic mass is 19.1. The maximum atomic E-state index is 14.4. The SMILES string of the molecule is N#C/C(=C/c1ccc(N2CCOCC2)c(F)c1)C(=O)Nc1ccc(F)cc1. The number of hydrogen-bond donors (Lipinski definition) is 1. The van der Waals surface area contributed by atoms with Gasteiger partial charge in [0.05, 0.1) is 18.9 Å². The molecule has 2 aromatic rings. The predicted octanol–water partition coefficient (Wildman–Crippen LogP) is 3.35. The predicted molar refractivity (Wildman–Crippen MR) is 98.1 cm³/mol. The maximum absolute atomic E-state index is 14.4. The Hall–Kier alpha value is -3.24. The maximum Gasteiger partial charge on any atom is 0.266 e. The highest BCUT2D eigenvalue weighted by Crippen LogP contribution is 2.23. The molecule has 0 saturated carbocycles. The lowest BCUT2D eigenvalue weighted by Gasteiger charge is -2.29. The van der Waals surface area contributed by atoms with Gasteiger partial charge in [0.15, 0.2) is 0 Å². The number of nitriles is 1. The Bertz CT molecular complexity index is 898. The number of nitrogens with zero attached hydrogens (tertiary/aromatic N) is 2. The summed E-state index contributed by atoms with van der Waals surface area (Å²) < 4.78 is 32.6. The number of ether oxygens (including phenoxy) is 1. The van der Waals surface area contributed by atoms with Crippen LogP contribution in [0.2, 0.25) is 0 Å². The molecular formula is C20H17F2N3O2. The van der Waals surface area contributed by atoms with E-state index in [1.807, 2.05) is 4.90 Å². The Balaban J connectivity index is 1.76. The monoisotopic (exact) mass is 369 g/mol. The van der Waals surface area contributed by atoms with Crippen molar-refractivity contribution in [2.24, 2.45) is 0 Å². The highest BCUT2D eigenvalue weighted by Gasteiger charge is 2.16. The van der Waals surface area contributed by atoms with E-state index in [0.717, 1.165) is 0 Å². The fourth-order valence-electron chi connectivity index (χ4n) is 2.72. The molecule has 1 saturated heterocycles. The molecule has 7 heteroatoms. The molecule has 1 aliphatic rings. The second-order valence-electron chi connectivity index (χ2n) is 5.94. The summed E-state index contributed by atoms with van der Waals surface area (Å²) in [5, 5.41) is 11.8. The molecule has 0 spiro atoms. The Morgan fingerprint density at radius 1 is 1.15 bits per heavy atom. The molecule has 1 amide bonds. The summed E-state index contributed by atoms with van der Waals surface area (Å²) in [6.45, 7) is 2.30. The lowest BCUT2D eigenvalue weighted by Crippen LogP contribution is -2.36. The van der Waals surface area contributed by atoms with Gasteiger partial charge in [-0.25, -0.2) is 8.78 Å². The van der Waals surface area contributed by atoms with Crippen LogP contribution >= 0.6 is 0 Å². The zero-order chi connectivity index (χ0) is 19.2. The lowest BCUT2D eigenvalue weighted by atomic mass is 10.1. The van der Waals surface area contributed by atoms with Crippen molar-refractivity contribution in [2.75, 3.05) is 36.5 Å². The highest BCUT2D eigenvalue weighted by molar-refractivity contribution is 6.09. The van der Waals surface area contributed by atoms with Crippen LogP contribution in [0, 0.1) is 23.0 Å². The van der Waals surface area contributed by atoms with Crippen molar-refractivity contribution < 1.29 is 18.3 Å². The molecule has 0 radical (unpaired) electrons. The zero-order valence-electron chi connectivity index (χ0n) is 14.4. The summed E-state index contributed by atoms with van der Waals surface area (Å²) in [4.78, 5) is 14.1. The first-order chi connectivity index (χ1) is 13.1. The number of morpholine rings is 1. The van der Waals surface area contributed by atoms with Gasteiger partial charge in [-0.1, -0.05) is 6.07 Å². The Morgan fingerprint density at radius 3 is 2.48 bits per heavy atom. The Morgan fingerprint density at radius 2 is 1.85 bits per heavy atom. The van der Waals surface area contributed by atoms with Crippen molar-refractivity contribution in [1.29, 1.82) is 5.26 Å². The van der Waals surface area contributed by atoms with Crippen LogP contribution in [-0.2, 0) is 9.53 Å². The minimum Gasteiger partial charge on any atom is -0.378 e. The molecule has 1 heterocycles. The van der Waals surface area contributed by atoms with E-state index in [-0.39, 0.29) is 5.57 Å². The van der Waals surface area contributed by atoms with Gasteiger partial charge in [-0.05, 0) is 48.0 Å². The third-order valence-corrected chi connectivity index (χ3v) is 4.10. The number of nitrogens with one attached hydrogen (secondary N) is 1. The first-order valence-corrected chi connectivity index (χ1v) is 8.38. The second-order valence-corrected chi connectivity index (χ2v) is 5.94. The van der Waals surface area contributed by atoms with Crippen LogP contribution < -0.4 is 10.2 Å². The molecule has 0 unspecified atom stereocenters. The number of halogens is 2. The van der Waals surface area contributed by atoms with E-state index >= 15 is 0 Å². The molecular weight excluding hydrogens is 352 g/mol. The molecule has 1 N–H and O–H groups in total. The van der Waals surface area contributed by atoms with Gasteiger partial charge in [-0.15, -0.1) is 0 Å². The summed E-state index contributed by atoms with van der Waals surface area (Å²) in [5.74, 6) is -1.51. The standard InChI is InChI=1S/C20H17F2N3O2/c21-16-2-4-17(5-3-16)24-20(26)15(13-23)11-14-1-6-19(18(22)12-14)25-7-9-27-10-8-25/h1-6,11-12H,7-10H2,(H,24,26)/b15-11-. The number of anilines is 2. The van der Waals surface area contributed by atoms with Crippen LogP contribution in [0.4, 0.5) is 20.2 Å². The number of rotatable bonds is 4. The van der Waals surface area contributed by atoms with Gasteiger partial charge in [0.1, 0.15) is 23.3 Å². The minimum absolute atomic E-state index is 0.183. The fraction of sp³-hybridized carbons (Fsp3) is 0.200. The Labute approximate surface area is 155 Å². The third kappa shape index (κ3) is 4.68. The van der Waals surface area contributed by atoms with E-state index in [4.69, 9.17) is 4.74 Å². The van der Waals surface area contributed by atoms with Gasteiger partial charge in [-0.2, -0.15) is 5.26 Å². The van der Waals surface area contributed by atoms with Crippen molar-refractivity contribution in [2.45, 2.75) is 0 Å². The molecule has 0 aliphatic carbocycles. The van der Waals surface area contributed by atoms with Crippen LogP contribution in [0.3, 0.4) is 0 Å². The lowest BCUT2D eigenvalue weighted by molar-refractivity contribution is -0.112. The molecule has 0 atom stereocenters. The van der Waals surface area contributed by atoms with Crippen LogP contribution in [-0.4, -0.2) is 32.2 Å². The average Bonchev–Trinajstić information content (AvgIpc) is 2.68. The smallest absolute Gasteiger partial charge is 0.266 e. The van der Waals surface area contributed by atoms with Gasteiger partial charge in [0, 0.05) is 18.8 Å². The van der Waals surface area contributed by atoms with Crippen molar-refractivity contribution >= 4 is 23.4 Å². The summed E-state index contributed by atoms with van der Waals surface area (Å²) in [5.41, 5.74) is 1.04. The molecule has 2 aromatic carbocycles. The van der Waals surface area contributed by atoms with Crippen molar-refractivity contribution in [3.05, 3.63) is 65.2 Å². The number of carbonyl (C=O) groups excluding carboxylic acids is 1. The minimum atomic E-state index is -0.651. The zero-order valence-corrected chi connectivity index (χ0v) is 14.4. The van der Waals surface area contributed by atoms with Gasteiger partial charge in [0.25, 0.3) is 5.91 Å². The number of amides is 1. The van der Waals surface area contributed by atoms with E-state index < -0.39 is 17.5 Å². The molecule has 138 valence electrons. The topological polar surface area (TPSA) is 65.4 Å². The van der Waals surface area contributed by atoms with Gasteiger partial charge < -0.3 is 15.0 Å². The van der Waals surface area contributed by atoms with Crippen molar-refractivity contribution in [3.63, 3.8) is 0 Å². The Kier molecular flexibility index (Phi) is 5.79. The van der Waals surface area contributed by atoms with Crippen LogP contribution in [0.15, 0.2) is 48.0 Å². The van der Waals surface area contributed by atoms with E-state index in [1.54, 1.807) is 18.2 Å². The second kappa shape index (κ2) is 8.43. The number of carbonyl (C=O) groups is 1. The van der Waals surface area contributed by atoms with Crippen molar-refractivity contribution in [1.82, 2.24) is 0 Å². The van der Waals surface area contributed by atoms with E-state index in [2.05, 4.69) is 5.32 Å². The molecule has 0 bridgehead atoms. The largest absolute Gasteiger partial charge is 0.378 e. The summed E-state index contributed by atoms with van der Waals surface area (Å²) in [6.07, 6.45) is 1.31. The quantitative estimate of drug-likeness (QED) is 0.663. The number of benzene rings is 2. The van der Waals surface area contributed by atoms with E-state index in [0.29, 0.717) is 43.2 Å². The summed E-state index contributed by atoms with van der Waals surface area (Å²) in [6, 6.07) is 11.5. The summed E-state index contributed by atoms with van der Waals surface area (Å²) >= 11 is 0. The van der Waals surface area contributed by atoms with Gasteiger partial charge in [-0.3, -0.25) is 4.79 Å². The molecule has 1 aliphatic heterocycles. The normalized spacial score (nSPS) is 14.6. The van der Waals surface area contributed by atoms with Gasteiger partial charge >= 0.3 is 0 Å². The molecule has 27 heavy (non-hydrogen) atoms. The van der Waals surface area contributed by atoms with E-state index in [1.165, 1.54) is 36.4 Å². The number of hydrogen-bond acceptors (Lipinski definition) is 4. The van der Waals surface area contributed by atoms with Crippen LogP contribution in [0.5, 0.6) is 0 Å². The molecule has 5 nitrogen and oxygen atoms in total. The van der Waals surface area contributed by atoms with Gasteiger partial charge in [0.2, 0.25) is 0 Å². The summed E-state index contributed by atoms with van der Waals surface area (Å²) in [7, 11) is 0. The molecule has 3 rings (SSSR count). The van der Waals surface area contributed by atoms with Crippen LogP contribution in [0.1, 0.15) is 5.56 Å². The first-order valence-electron chi connectivity index (χ1n) is 8.38. The van der Waals surface area contributed by atoms with E-state index in [9.17, 15) is 18.8 Å². The van der Waals surface area contributed by atoms with Crippen LogP contribution in [0.25, 0.3) is 6.08 Å². The molecule has 1 fully saturated rings. The third-order valence-electron chi connectivity index (χ3n) is 4.10.